The lowest BCUT2D eigenvalue weighted by atomic mass is 10.3. The molecule has 1 atom stereocenters. The molecule has 128 valence electrons. The molecule has 2 N–H and O–H groups in total. The van der Waals surface area contributed by atoms with Gasteiger partial charge in [-0.05, 0) is 31.4 Å². The van der Waals surface area contributed by atoms with E-state index in [1.807, 2.05) is 31.4 Å². The van der Waals surface area contributed by atoms with Crippen molar-refractivity contribution in [3.05, 3.63) is 24.4 Å². The van der Waals surface area contributed by atoms with Crippen LogP contribution in [0.5, 0.6) is 0 Å². The smallest absolute Gasteiger partial charge is 0.193 e. The number of rotatable bonds is 7. The van der Waals surface area contributed by atoms with Gasteiger partial charge in [-0.15, -0.1) is 0 Å². The van der Waals surface area contributed by atoms with Crippen LogP contribution in [0.25, 0.3) is 0 Å². The maximum atomic E-state index is 4.44. The third kappa shape index (κ3) is 6.29. The lowest BCUT2D eigenvalue weighted by Gasteiger charge is -2.34. The van der Waals surface area contributed by atoms with Gasteiger partial charge in [0.25, 0.3) is 0 Å². The molecule has 23 heavy (non-hydrogen) atoms. The van der Waals surface area contributed by atoms with Crippen LogP contribution in [-0.4, -0.2) is 60.1 Å². The fourth-order valence-corrected chi connectivity index (χ4v) is 3.81. The Labute approximate surface area is 144 Å². The summed E-state index contributed by atoms with van der Waals surface area (Å²) in [4.78, 5) is 11.1. The normalized spacial score (nSPS) is 18.8. The second kappa shape index (κ2) is 10.4. The van der Waals surface area contributed by atoms with Crippen LogP contribution >= 0.6 is 11.8 Å². The number of hydrogen-bond acceptors (Lipinski definition) is 4. The molecule has 0 radical (unpaired) electrons. The van der Waals surface area contributed by atoms with Crippen LogP contribution in [0.15, 0.2) is 29.4 Å². The maximum Gasteiger partial charge on any atom is 0.193 e. The van der Waals surface area contributed by atoms with Crippen LogP contribution in [-0.2, 0) is 0 Å². The molecular weight excluding hydrogens is 306 g/mol. The van der Waals surface area contributed by atoms with Gasteiger partial charge in [-0.2, -0.15) is 11.8 Å². The van der Waals surface area contributed by atoms with E-state index in [1.165, 1.54) is 12.2 Å². The number of aliphatic imine (C=N–C) groups is 1. The second-order valence-electron chi connectivity index (χ2n) is 5.67. The molecule has 1 aliphatic rings. The lowest BCUT2D eigenvalue weighted by molar-refractivity contribution is 0.407. The minimum absolute atomic E-state index is 0.741. The molecule has 0 aromatic carbocycles. The van der Waals surface area contributed by atoms with E-state index in [0.29, 0.717) is 0 Å². The Hall–Kier alpha value is -1.43. The highest BCUT2D eigenvalue weighted by atomic mass is 32.2. The minimum atomic E-state index is 0.741. The molecule has 0 saturated carbocycles. The summed E-state index contributed by atoms with van der Waals surface area (Å²) in [6.45, 7) is 6.41. The van der Waals surface area contributed by atoms with Crippen molar-refractivity contribution in [2.75, 3.05) is 44.3 Å². The minimum Gasteiger partial charge on any atom is -0.370 e. The van der Waals surface area contributed by atoms with Gasteiger partial charge in [0.05, 0.1) is 0 Å². The molecule has 1 aliphatic heterocycles. The van der Waals surface area contributed by atoms with Crippen LogP contribution in [0, 0.1) is 0 Å². The van der Waals surface area contributed by atoms with Crippen molar-refractivity contribution in [1.29, 1.82) is 0 Å². The average molecular weight is 336 g/mol. The Morgan fingerprint density at radius 3 is 3.00 bits per heavy atom. The predicted octanol–water partition coefficient (Wildman–Crippen LogP) is 2.68. The molecule has 5 nitrogen and oxygen atoms in total. The Morgan fingerprint density at radius 1 is 1.39 bits per heavy atom. The summed E-state index contributed by atoms with van der Waals surface area (Å²) in [6, 6.07) is 5.93. The van der Waals surface area contributed by atoms with Crippen LogP contribution < -0.4 is 10.6 Å². The summed E-state index contributed by atoms with van der Waals surface area (Å²) < 4.78 is 0. The number of guanidine groups is 1. The van der Waals surface area contributed by atoms with Crippen molar-refractivity contribution in [2.24, 2.45) is 4.99 Å². The number of nitrogens with zero attached hydrogens (tertiary/aromatic N) is 3. The highest BCUT2D eigenvalue weighted by molar-refractivity contribution is 8.00. The van der Waals surface area contributed by atoms with Gasteiger partial charge >= 0.3 is 0 Å². The number of nitrogens with one attached hydrogen (secondary N) is 2. The molecule has 1 unspecified atom stereocenters. The van der Waals surface area contributed by atoms with Crippen molar-refractivity contribution < 1.29 is 0 Å². The third-order valence-electron chi connectivity index (χ3n) is 3.96. The van der Waals surface area contributed by atoms with E-state index in [9.17, 15) is 0 Å². The van der Waals surface area contributed by atoms with Gasteiger partial charge in [0.15, 0.2) is 5.96 Å². The highest BCUT2D eigenvalue weighted by Gasteiger charge is 2.21. The summed E-state index contributed by atoms with van der Waals surface area (Å²) in [7, 11) is 1.88. The van der Waals surface area contributed by atoms with Crippen LogP contribution in [0.4, 0.5) is 5.82 Å². The average Bonchev–Trinajstić information content (AvgIpc) is 2.62. The second-order valence-corrected chi connectivity index (χ2v) is 7.08. The summed E-state index contributed by atoms with van der Waals surface area (Å²) in [5.74, 6) is 3.21. The number of hydrogen-bond donors (Lipinski definition) is 2. The van der Waals surface area contributed by atoms with Gasteiger partial charge in [-0.25, -0.2) is 4.98 Å². The first kappa shape index (κ1) is 17.9. The number of thioether (sulfide) groups is 1. The summed E-state index contributed by atoms with van der Waals surface area (Å²) >= 11 is 2.09. The first-order chi connectivity index (χ1) is 11.3. The van der Waals surface area contributed by atoms with Gasteiger partial charge in [0.1, 0.15) is 5.82 Å². The molecule has 1 aromatic rings. The topological polar surface area (TPSA) is 52.5 Å². The zero-order valence-corrected chi connectivity index (χ0v) is 15.1. The predicted molar refractivity (Wildman–Crippen MR) is 101 cm³/mol. The van der Waals surface area contributed by atoms with Crippen molar-refractivity contribution in [3.63, 3.8) is 0 Å². The Kier molecular flexibility index (Phi) is 8.07. The number of anilines is 1. The van der Waals surface area contributed by atoms with Crippen molar-refractivity contribution in [1.82, 2.24) is 15.2 Å². The molecular formula is C17H29N5S. The molecule has 6 heteroatoms. The number of pyridine rings is 1. The van der Waals surface area contributed by atoms with Crippen LogP contribution in [0.3, 0.4) is 0 Å². The van der Waals surface area contributed by atoms with Gasteiger partial charge in [-0.1, -0.05) is 13.0 Å². The highest BCUT2D eigenvalue weighted by Crippen LogP contribution is 2.20. The van der Waals surface area contributed by atoms with Gasteiger partial charge in [0.2, 0.25) is 0 Å². The molecule has 1 aromatic heterocycles. The molecule has 0 spiro atoms. The van der Waals surface area contributed by atoms with Gasteiger partial charge < -0.3 is 15.5 Å². The Morgan fingerprint density at radius 2 is 2.26 bits per heavy atom. The van der Waals surface area contributed by atoms with E-state index < -0.39 is 0 Å². The van der Waals surface area contributed by atoms with Crippen molar-refractivity contribution in [2.45, 2.75) is 31.4 Å². The first-order valence-electron chi connectivity index (χ1n) is 8.55. The van der Waals surface area contributed by atoms with E-state index >= 15 is 0 Å². The van der Waals surface area contributed by atoms with E-state index in [-0.39, 0.29) is 0 Å². The molecule has 2 heterocycles. The van der Waals surface area contributed by atoms with Crippen molar-refractivity contribution >= 4 is 23.5 Å². The monoisotopic (exact) mass is 335 g/mol. The number of unbranched alkanes of at least 4 members (excludes halogenated alkanes) is 1. The molecule has 0 bridgehead atoms. The fraction of sp³-hybridized carbons (Fsp3) is 0.647. The largest absolute Gasteiger partial charge is 0.370 e. The molecule has 2 rings (SSSR count). The van der Waals surface area contributed by atoms with Gasteiger partial charge in [0, 0.05) is 50.4 Å². The quantitative estimate of drug-likeness (QED) is 0.456. The summed E-state index contributed by atoms with van der Waals surface area (Å²) in [5.41, 5.74) is 0. The zero-order chi connectivity index (χ0) is 16.3. The van der Waals surface area contributed by atoms with Crippen LogP contribution in [0.1, 0.15) is 26.2 Å². The first-order valence-corrected chi connectivity index (χ1v) is 9.60. The Balaban J connectivity index is 1.60. The maximum absolute atomic E-state index is 4.44. The Bertz CT molecular complexity index is 465. The molecule has 1 saturated heterocycles. The molecule has 1 fully saturated rings. The SMILES string of the molecule is CCC1CN(C(=NC)NCCCCNc2ccccn2)CCS1. The third-order valence-corrected chi connectivity index (χ3v) is 5.34. The lowest BCUT2D eigenvalue weighted by Crippen LogP contribution is -2.48. The number of aromatic nitrogens is 1. The fourth-order valence-electron chi connectivity index (χ4n) is 2.62. The van der Waals surface area contributed by atoms with Crippen molar-refractivity contribution in [3.8, 4) is 0 Å². The molecule has 0 amide bonds. The standard InChI is InChI=1S/C17H29N5S/c1-3-15-14-22(12-13-23-15)17(18-2)21-11-7-6-10-20-16-8-4-5-9-19-16/h4-5,8-9,15H,3,6-7,10-14H2,1-2H3,(H,18,21)(H,19,20). The van der Waals surface area contributed by atoms with E-state index in [4.69, 9.17) is 0 Å². The van der Waals surface area contributed by atoms with E-state index in [2.05, 4.69) is 44.2 Å². The van der Waals surface area contributed by atoms with Crippen LogP contribution in [0.2, 0.25) is 0 Å². The van der Waals surface area contributed by atoms with Gasteiger partial charge in [-0.3, -0.25) is 4.99 Å². The molecule has 0 aliphatic carbocycles. The van der Waals surface area contributed by atoms with E-state index in [1.54, 1.807) is 0 Å². The van der Waals surface area contributed by atoms with E-state index in [0.717, 1.165) is 56.0 Å². The summed E-state index contributed by atoms with van der Waals surface area (Å²) in [5, 5.41) is 7.59. The zero-order valence-electron chi connectivity index (χ0n) is 14.3. The summed E-state index contributed by atoms with van der Waals surface area (Å²) in [6.07, 6.45) is 5.29.